The average Bonchev–Trinajstić information content (AvgIpc) is 2.93. The highest BCUT2D eigenvalue weighted by molar-refractivity contribution is 5.63. The molecule has 0 aliphatic heterocycles. The fourth-order valence-corrected chi connectivity index (χ4v) is 2.18. The molecule has 0 spiro atoms. The van der Waals surface area contributed by atoms with Gasteiger partial charge in [-0.15, -0.1) is 0 Å². The van der Waals surface area contributed by atoms with Crippen LogP contribution in [0.25, 0.3) is 16.8 Å². The molecule has 20 heavy (non-hydrogen) atoms. The maximum Gasteiger partial charge on any atom is 0.154 e. The van der Waals surface area contributed by atoms with Crippen LogP contribution in [0.4, 0.5) is 0 Å². The highest BCUT2D eigenvalue weighted by atomic mass is 15.2. The predicted octanol–water partition coefficient (Wildman–Crippen LogP) is 2.50. The van der Waals surface area contributed by atoms with Crippen molar-refractivity contribution in [2.45, 2.75) is 6.42 Å². The van der Waals surface area contributed by atoms with Crippen molar-refractivity contribution < 1.29 is 0 Å². The lowest BCUT2D eigenvalue weighted by atomic mass is 10.1. The predicted molar refractivity (Wildman–Crippen MR) is 80.7 cm³/mol. The maximum atomic E-state index is 4.39. The minimum absolute atomic E-state index is 0.872. The summed E-state index contributed by atoms with van der Waals surface area (Å²) in [7, 11) is 4.19. The third-order valence-corrected chi connectivity index (χ3v) is 3.38. The van der Waals surface area contributed by atoms with Crippen LogP contribution in [0.3, 0.4) is 0 Å². The SMILES string of the molecule is CN(C)CCc1ccc(-c2cnc3ccnn3c2)cc1. The molecule has 4 heteroatoms. The van der Waals surface area contributed by atoms with Crippen molar-refractivity contribution in [3.05, 3.63) is 54.5 Å². The van der Waals surface area contributed by atoms with Crippen LogP contribution in [0.2, 0.25) is 0 Å². The van der Waals surface area contributed by atoms with E-state index in [1.54, 1.807) is 10.7 Å². The van der Waals surface area contributed by atoms with Gasteiger partial charge >= 0.3 is 0 Å². The number of nitrogens with zero attached hydrogens (tertiary/aromatic N) is 4. The number of hydrogen-bond acceptors (Lipinski definition) is 3. The highest BCUT2D eigenvalue weighted by Crippen LogP contribution is 2.19. The third-order valence-electron chi connectivity index (χ3n) is 3.38. The van der Waals surface area contributed by atoms with Crippen molar-refractivity contribution in [1.82, 2.24) is 19.5 Å². The lowest BCUT2D eigenvalue weighted by Gasteiger charge is -2.09. The maximum absolute atomic E-state index is 4.39. The summed E-state index contributed by atoms with van der Waals surface area (Å²) in [6, 6.07) is 10.6. The molecular weight excluding hydrogens is 248 g/mol. The van der Waals surface area contributed by atoms with Gasteiger partial charge < -0.3 is 4.90 Å². The molecule has 0 atom stereocenters. The van der Waals surface area contributed by atoms with Gasteiger partial charge in [0.1, 0.15) is 0 Å². The number of likely N-dealkylation sites (N-methyl/N-ethyl adjacent to an activating group) is 1. The lowest BCUT2D eigenvalue weighted by Crippen LogP contribution is -2.14. The molecule has 2 aromatic heterocycles. The number of benzene rings is 1. The van der Waals surface area contributed by atoms with Crippen LogP contribution in [0.15, 0.2) is 48.9 Å². The molecule has 0 fully saturated rings. The second-order valence-corrected chi connectivity index (χ2v) is 5.23. The van der Waals surface area contributed by atoms with E-state index in [1.807, 2.05) is 18.5 Å². The molecule has 0 amide bonds. The fraction of sp³-hybridized carbons (Fsp3) is 0.250. The van der Waals surface area contributed by atoms with Gasteiger partial charge in [0, 0.05) is 30.6 Å². The van der Waals surface area contributed by atoms with Gasteiger partial charge in [-0.3, -0.25) is 0 Å². The summed E-state index contributed by atoms with van der Waals surface area (Å²) in [5.74, 6) is 0. The summed E-state index contributed by atoms with van der Waals surface area (Å²) in [5, 5.41) is 4.22. The molecule has 0 N–H and O–H groups in total. The van der Waals surface area contributed by atoms with Crippen molar-refractivity contribution in [1.29, 1.82) is 0 Å². The second-order valence-electron chi connectivity index (χ2n) is 5.23. The average molecular weight is 266 g/mol. The van der Waals surface area contributed by atoms with Gasteiger partial charge in [-0.05, 0) is 31.6 Å². The first-order chi connectivity index (χ1) is 9.72. The molecule has 0 radical (unpaired) electrons. The Morgan fingerprint density at radius 1 is 1.05 bits per heavy atom. The number of aromatic nitrogens is 3. The number of rotatable bonds is 4. The molecule has 0 aliphatic rings. The van der Waals surface area contributed by atoms with E-state index in [2.05, 4.69) is 53.3 Å². The van der Waals surface area contributed by atoms with E-state index < -0.39 is 0 Å². The number of hydrogen-bond donors (Lipinski definition) is 0. The molecule has 0 unspecified atom stereocenters. The molecular formula is C16H18N4. The van der Waals surface area contributed by atoms with Crippen molar-refractivity contribution in [3.8, 4) is 11.1 Å². The summed E-state index contributed by atoms with van der Waals surface area (Å²) in [6.45, 7) is 1.07. The quantitative estimate of drug-likeness (QED) is 0.727. The van der Waals surface area contributed by atoms with Crippen molar-refractivity contribution >= 4 is 5.65 Å². The topological polar surface area (TPSA) is 33.4 Å². The van der Waals surface area contributed by atoms with Crippen molar-refractivity contribution in [3.63, 3.8) is 0 Å². The second kappa shape index (κ2) is 5.43. The Bertz CT molecular complexity index is 698. The largest absolute Gasteiger partial charge is 0.309 e. The third kappa shape index (κ3) is 2.70. The van der Waals surface area contributed by atoms with E-state index in [9.17, 15) is 0 Å². The Balaban J connectivity index is 1.82. The van der Waals surface area contributed by atoms with E-state index in [4.69, 9.17) is 0 Å². The summed E-state index contributed by atoms with van der Waals surface area (Å²) >= 11 is 0. The zero-order chi connectivity index (χ0) is 13.9. The van der Waals surface area contributed by atoms with Crippen molar-refractivity contribution in [2.75, 3.05) is 20.6 Å². The van der Waals surface area contributed by atoms with Crippen LogP contribution >= 0.6 is 0 Å². The van der Waals surface area contributed by atoms with Gasteiger partial charge in [0.2, 0.25) is 0 Å². The molecule has 3 rings (SSSR count). The molecule has 3 aromatic rings. The lowest BCUT2D eigenvalue weighted by molar-refractivity contribution is 0.413. The summed E-state index contributed by atoms with van der Waals surface area (Å²) < 4.78 is 1.80. The number of fused-ring (bicyclic) bond motifs is 1. The van der Waals surface area contributed by atoms with E-state index in [-0.39, 0.29) is 0 Å². The molecule has 1 aromatic carbocycles. The first-order valence-electron chi connectivity index (χ1n) is 6.76. The normalized spacial score (nSPS) is 11.3. The van der Waals surface area contributed by atoms with Crippen LogP contribution in [-0.4, -0.2) is 40.1 Å². The Labute approximate surface area is 118 Å². The Morgan fingerprint density at radius 3 is 2.60 bits per heavy atom. The smallest absolute Gasteiger partial charge is 0.154 e. The summed E-state index contributed by atoms with van der Waals surface area (Å²) in [6.07, 6.45) is 6.74. The minimum Gasteiger partial charge on any atom is -0.309 e. The molecule has 0 saturated heterocycles. The molecule has 0 saturated carbocycles. The van der Waals surface area contributed by atoms with Crippen LogP contribution in [-0.2, 0) is 6.42 Å². The van der Waals surface area contributed by atoms with Crippen LogP contribution < -0.4 is 0 Å². The van der Waals surface area contributed by atoms with Gasteiger partial charge in [-0.1, -0.05) is 24.3 Å². The standard InChI is InChI=1S/C16H18N4/c1-19(2)10-8-13-3-5-14(6-4-13)15-11-17-16-7-9-18-20(16)12-15/h3-7,9,11-12H,8,10H2,1-2H3. The Hall–Kier alpha value is -2.20. The first-order valence-corrected chi connectivity index (χ1v) is 6.76. The Morgan fingerprint density at radius 2 is 1.85 bits per heavy atom. The van der Waals surface area contributed by atoms with E-state index in [0.717, 1.165) is 24.2 Å². The molecule has 102 valence electrons. The molecule has 2 heterocycles. The van der Waals surface area contributed by atoms with Gasteiger partial charge in [-0.25, -0.2) is 9.50 Å². The zero-order valence-corrected chi connectivity index (χ0v) is 11.8. The van der Waals surface area contributed by atoms with Gasteiger partial charge in [0.25, 0.3) is 0 Å². The monoisotopic (exact) mass is 266 g/mol. The van der Waals surface area contributed by atoms with E-state index in [1.165, 1.54) is 11.1 Å². The Kier molecular flexibility index (Phi) is 3.48. The summed E-state index contributed by atoms with van der Waals surface area (Å²) in [4.78, 5) is 6.59. The molecule has 0 aliphatic carbocycles. The van der Waals surface area contributed by atoms with Gasteiger partial charge in [0.15, 0.2) is 5.65 Å². The molecule has 0 bridgehead atoms. The van der Waals surface area contributed by atoms with Crippen LogP contribution in [0.1, 0.15) is 5.56 Å². The highest BCUT2D eigenvalue weighted by Gasteiger charge is 2.02. The van der Waals surface area contributed by atoms with Crippen molar-refractivity contribution in [2.24, 2.45) is 0 Å². The minimum atomic E-state index is 0.872. The molecule has 4 nitrogen and oxygen atoms in total. The van der Waals surface area contributed by atoms with Gasteiger partial charge in [0.05, 0.1) is 6.20 Å². The summed E-state index contributed by atoms with van der Waals surface area (Å²) in [5.41, 5.74) is 4.48. The zero-order valence-electron chi connectivity index (χ0n) is 11.8. The first kappa shape index (κ1) is 12.8. The van der Waals surface area contributed by atoms with E-state index >= 15 is 0 Å². The van der Waals surface area contributed by atoms with Gasteiger partial charge in [-0.2, -0.15) is 5.10 Å². The van der Waals surface area contributed by atoms with Crippen LogP contribution in [0.5, 0.6) is 0 Å². The van der Waals surface area contributed by atoms with E-state index in [0.29, 0.717) is 0 Å². The van der Waals surface area contributed by atoms with Crippen LogP contribution in [0, 0.1) is 0 Å². The fourth-order valence-electron chi connectivity index (χ4n) is 2.18.